The van der Waals surface area contributed by atoms with E-state index in [2.05, 4.69) is 37.9 Å². The highest BCUT2D eigenvalue weighted by atomic mass is 19.4. The number of hydrogen-bond donors (Lipinski definition) is 1. The van der Waals surface area contributed by atoms with Crippen molar-refractivity contribution in [3.63, 3.8) is 0 Å². The fraction of sp³-hybridized carbons (Fsp3) is 0.429. The summed E-state index contributed by atoms with van der Waals surface area (Å²) in [5.74, 6) is -0.338. The number of nitrogens with zero attached hydrogens (tertiary/aromatic N) is 4. The van der Waals surface area contributed by atoms with Crippen molar-refractivity contribution < 1.29 is 27.5 Å². The molecular formula is C28H32F3N5O3. The van der Waals surface area contributed by atoms with Crippen molar-refractivity contribution in [2.45, 2.75) is 32.9 Å². The number of anilines is 2. The number of halogens is 3. The van der Waals surface area contributed by atoms with E-state index < -0.39 is 18.7 Å². The quantitative estimate of drug-likeness (QED) is 0.545. The van der Waals surface area contributed by atoms with Crippen molar-refractivity contribution in [1.29, 1.82) is 0 Å². The summed E-state index contributed by atoms with van der Waals surface area (Å²) < 4.78 is 42.0. The van der Waals surface area contributed by atoms with Crippen molar-refractivity contribution >= 4 is 28.9 Å². The predicted molar refractivity (Wildman–Crippen MR) is 143 cm³/mol. The minimum atomic E-state index is -4.49. The molecule has 0 saturated carbocycles. The first kappa shape index (κ1) is 28.1. The van der Waals surface area contributed by atoms with Gasteiger partial charge in [0.25, 0.3) is 5.91 Å². The zero-order valence-corrected chi connectivity index (χ0v) is 22.0. The van der Waals surface area contributed by atoms with E-state index in [0.29, 0.717) is 38.2 Å². The molecule has 4 rings (SSSR count). The molecule has 3 heterocycles. The molecule has 1 aromatic carbocycles. The predicted octanol–water partition coefficient (Wildman–Crippen LogP) is 4.74. The number of hydrogen-bond acceptors (Lipinski definition) is 6. The van der Waals surface area contributed by atoms with Gasteiger partial charge in [0.2, 0.25) is 11.8 Å². The van der Waals surface area contributed by atoms with Crippen molar-refractivity contribution in [2.24, 2.45) is 10.9 Å². The van der Waals surface area contributed by atoms with E-state index in [-0.39, 0.29) is 23.4 Å². The summed E-state index contributed by atoms with van der Waals surface area (Å²) in [7, 11) is 0. The van der Waals surface area contributed by atoms with Gasteiger partial charge in [-0.3, -0.25) is 14.6 Å². The van der Waals surface area contributed by atoms with Crippen molar-refractivity contribution in [3.05, 3.63) is 59.8 Å². The van der Waals surface area contributed by atoms with Crippen LogP contribution in [0.5, 0.6) is 5.88 Å². The number of nitrogens with one attached hydrogen (secondary N) is 1. The number of amides is 2. The molecule has 1 unspecified atom stereocenters. The van der Waals surface area contributed by atoms with E-state index in [4.69, 9.17) is 0 Å². The van der Waals surface area contributed by atoms with Gasteiger partial charge in [0.05, 0.1) is 5.56 Å². The van der Waals surface area contributed by atoms with Crippen molar-refractivity contribution in [2.75, 3.05) is 49.5 Å². The normalized spacial score (nSPS) is 18.1. The van der Waals surface area contributed by atoms with Crippen LogP contribution in [0.4, 0.5) is 24.5 Å². The SMILES string of the molecule is CC1=CC(C)=NCCC1CC(=O)N1CCN(c2ccccc2C(=O)Nc2ccnc(OCC(F)(F)F)c2)CC1. The molecule has 1 aromatic heterocycles. The summed E-state index contributed by atoms with van der Waals surface area (Å²) in [6.07, 6.45) is 0.164. The molecule has 0 spiro atoms. The van der Waals surface area contributed by atoms with Crippen LogP contribution in [0.3, 0.4) is 0 Å². The monoisotopic (exact) mass is 543 g/mol. The second kappa shape index (κ2) is 12.3. The Morgan fingerprint density at radius 2 is 1.85 bits per heavy atom. The highest BCUT2D eigenvalue weighted by Gasteiger charge is 2.29. The van der Waals surface area contributed by atoms with Crippen LogP contribution in [-0.4, -0.2) is 72.9 Å². The number of aromatic nitrogens is 1. The Balaban J connectivity index is 1.36. The van der Waals surface area contributed by atoms with Crippen LogP contribution < -0.4 is 15.0 Å². The highest BCUT2D eigenvalue weighted by Crippen LogP contribution is 2.26. The average molecular weight is 544 g/mol. The molecule has 2 amide bonds. The summed E-state index contributed by atoms with van der Waals surface area (Å²) in [5, 5.41) is 2.71. The van der Waals surface area contributed by atoms with Gasteiger partial charge >= 0.3 is 6.18 Å². The Morgan fingerprint density at radius 1 is 1.10 bits per heavy atom. The lowest BCUT2D eigenvalue weighted by atomic mass is 9.92. The maximum Gasteiger partial charge on any atom is 0.422 e. The molecule has 1 saturated heterocycles. The van der Waals surface area contributed by atoms with Crippen LogP contribution in [0.15, 0.2) is 59.2 Å². The van der Waals surface area contributed by atoms with Gasteiger partial charge in [-0.2, -0.15) is 13.2 Å². The number of aliphatic imine (C=N–C) groups is 1. The standard InChI is InChI=1S/C28H32F3N5O3/c1-19-15-20(2)32-9-7-21(19)16-26(37)36-13-11-35(12-14-36)24-6-4-3-5-23(24)27(38)34-22-8-10-33-25(17-22)39-18-28(29,30)31/h3-6,8,10,15,17,21H,7,9,11-14,16,18H2,1-2H3,(H,33,34,38). The minimum absolute atomic E-state index is 0.124. The van der Waals surface area contributed by atoms with Crippen molar-refractivity contribution in [3.8, 4) is 5.88 Å². The molecule has 39 heavy (non-hydrogen) atoms. The topological polar surface area (TPSA) is 87.1 Å². The lowest BCUT2D eigenvalue weighted by molar-refractivity contribution is -0.154. The van der Waals surface area contributed by atoms with Gasteiger partial charge in [-0.05, 0) is 50.5 Å². The molecule has 0 radical (unpaired) electrons. The molecule has 8 nitrogen and oxygen atoms in total. The zero-order chi connectivity index (χ0) is 28.0. The van der Waals surface area contributed by atoms with E-state index in [1.54, 1.807) is 12.1 Å². The Hall–Kier alpha value is -3.89. The Labute approximate surface area is 225 Å². The van der Waals surface area contributed by atoms with Crippen LogP contribution in [-0.2, 0) is 4.79 Å². The number of alkyl halides is 3. The van der Waals surface area contributed by atoms with Gasteiger partial charge in [-0.25, -0.2) is 4.98 Å². The Bertz CT molecular complexity index is 1250. The van der Waals surface area contributed by atoms with Crippen LogP contribution in [0.25, 0.3) is 0 Å². The first-order valence-corrected chi connectivity index (χ1v) is 12.9. The van der Waals surface area contributed by atoms with Crippen LogP contribution in [0.1, 0.15) is 37.0 Å². The largest absolute Gasteiger partial charge is 0.468 e. The van der Waals surface area contributed by atoms with Crippen molar-refractivity contribution in [1.82, 2.24) is 9.88 Å². The second-order valence-corrected chi connectivity index (χ2v) is 9.73. The van der Waals surface area contributed by atoms with Crippen LogP contribution in [0.2, 0.25) is 0 Å². The fourth-order valence-corrected chi connectivity index (χ4v) is 4.78. The van der Waals surface area contributed by atoms with E-state index in [1.807, 2.05) is 24.0 Å². The molecule has 2 aliphatic rings. The summed E-state index contributed by atoms with van der Waals surface area (Å²) in [6, 6.07) is 9.84. The molecule has 1 N–H and O–H groups in total. The Morgan fingerprint density at radius 3 is 2.59 bits per heavy atom. The number of carbonyl (C=O) groups excluding carboxylic acids is 2. The van der Waals surface area contributed by atoms with E-state index >= 15 is 0 Å². The summed E-state index contributed by atoms with van der Waals surface area (Å²) in [5.41, 5.74) is 3.59. The maximum atomic E-state index is 13.1. The molecule has 0 aliphatic carbocycles. The van der Waals surface area contributed by atoms with Gasteiger partial charge in [0.15, 0.2) is 6.61 Å². The third-order valence-electron chi connectivity index (χ3n) is 6.84. The summed E-state index contributed by atoms with van der Waals surface area (Å²) >= 11 is 0. The molecule has 1 atom stereocenters. The molecule has 208 valence electrons. The average Bonchev–Trinajstić information content (AvgIpc) is 3.06. The Kier molecular flexibility index (Phi) is 8.88. The highest BCUT2D eigenvalue weighted by molar-refractivity contribution is 6.08. The fourth-order valence-electron chi connectivity index (χ4n) is 4.78. The van der Waals surface area contributed by atoms with Gasteiger partial charge in [-0.15, -0.1) is 0 Å². The molecule has 11 heteroatoms. The molecular weight excluding hydrogens is 511 g/mol. The number of para-hydroxylation sites is 1. The number of benzene rings is 1. The molecule has 2 aromatic rings. The first-order valence-electron chi connectivity index (χ1n) is 12.9. The molecule has 0 bridgehead atoms. The number of carbonyl (C=O) groups is 2. The van der Waals surface area contributed by atoms with Gasteiger partial charge in [-0.1, -0.05) is 17.7 Å². The number of pyridine rings is 1. The lowest BCUT2D eigenvalue weighted by Gasteiger charge is -2.37. The first-order chi connectivity index (χ1) is 18.6. The smallest absolute Gasteiger partial charge is 0.422 e. The van der Waals surface area contributed by atoms with E-state index in [9.17, 15) is 22.8 Å². The number of rotatable bonds is 7. The third kappa shape index (κ3) is 7.81. The molecule has 2 aliphatic heterocycles. The third-order valence-corrected chi connectivity index (χ3v) is 6.84. The van der Waals surface area contributed by atoms with Gasteiger partial charge in [0.1, 0.15) is 0 Å². The van der Waals surface area contributed by atoms with Gasteiger partial charge < -0.3 is 19.9 Å². The van der Waals surface area contributed by atoms with E-state index in [0.717, 1.165) is 24.4 Å². The summed E-state index contributed by atoms with van der Waals surface area (Å²) in [6.45, 7) is 5.53. The van der Waals surface area contributed by atoms with Crippen LogP contribution in [0, 0.1) is 5.92 Å². The lowest BCUT2D eigenvalue weighted by Crippen LogP contribution is -2.49. The second-order valence-electron chi connectivity index (χ2n) is 9.73. The minimum Gasteiger partial charge on any atom is -0.468 e. The zero-order valence-electron chi connectivity index (χ0n) is 22.0. The van der Waals surface area contributed by atoms with E-state index in [1.165, 1.54) is 23.9 Å². The summed E-state index contributed by atoms with van der Waals surface area (Å²) in [4.78, 5) is 38.4. The number of piperazine rings is 1. The van der Waals surface area contributed by atoms with Crippen LogP contribution >= 0.6 is 0 Å². The number of allylic oxidation sites excluding steroid dienone is 2. The molecule has 1 fully saturated rings. The number of ether oxygens (including phenoxy) is 1. The maximum absolute atomic E-state index is 13.1. The van der Waals surface area contributed by atoms with Gasteiger partial charge in [0, 0.05) is 68.5 Å².